The van der Waals surface area contributed by atoms with Crippen LogP contribution in [0.5, 0.6) is 11.5 Å². The number of ether oxygens (including phenoxy) is 2. The standard InChI is InChI=1S/2C13H18N2O2.C13H17NO3.C12H16N2O3.C12H16N2O2.C12H17NO3.C11H16N2O2/c1-8(2)12(15)10-5-3-9(4-6-10)7-11(14)13(16)17;1-9(14)2-3-10-4-6-11(7-5-10)8-12(15)13(16)17;1-2-3-12(15)10-6-4-9(5-7-10)8-11(14)13(16)17;1-8(13)7-17-10-4-2-9(3-5-10)6-11(14)12(15)16;1-8(13)6-9-2-4-10(5-3-9)7-11(14)12(15)16;1-2-7-16-10-5-3-9(4-6-10)8-11(13)12(14)15;1-13-7-9-4-2-8(3-5-9)6-10(12)11(14)15/h3-6,8,11,15H,7,14H2,1-2H3,(H,16,17);4-7,12,14H,2-3,8,15H2,1H3,(H,16,17);4-7,11H,2-3,8,14H2,1H3,(H,16,17);2-5,11,13H,6-7,14H2,1H3,(H,15,16);2-5,11,13H,6-7,14H2,1H3,(H,15,16);3-6,11H,2,7-8,13H2,1H3,(H,14,15);2-5,10,13H,6-7,12H2,1H3,(H,14,15). The van der Waals surface area contributed by atoms with E-state index in [0.717, 1.165) is 93.6 Å². The summed E-state index contributed by atoms with van der Waals surface area (Å²) in [5.41, 5.74) is 51.5. The molecule has 0 aliphatic heterocycles. The third kappa shape index (κ3) is 45.7. The molecule has 29 heteroatoms. The minimum Gasteiger partial charge on any atom is -0.494 e. The highest BCUT2D eigenvalue weighted by molar-refractivity contribution is 5.99. The van der Waals surface area contributed by atoms with E-state index in [-0.39, 0.29) is 24.7 Å². The largest absolute Gasteiger partial charge is 0.494 e. The summed E-state index contributed by atoms with van der Waals surface area (Å²) in [5, 5.41) is 93.5. The van der Waals surface area contributed by atoms with Gasteiger partial charge in [-0.15, -0.1) is 0 Å². The molecule has 7 unspecified atom stereocenters. The Morgan fingerprint density at radius 3 is 0.878 bits per heavy atom. The van der Waals surface area contributed by atoms with Crippen molar-refractivity contribution in [1.82, 2.24) is 5.32 Å². The molecule has 0 spiro atoms. The number of nitrogens with two attached hydrogens (primary N) is 7. The number of Topliss-reactive ketones (excluding diaryl/α,β-unsaturated/α-hetero) is 1. The zero-order chi connectivity index (χ0) is 86.9. The number of hydrogen-bond acceptors (Lipinski definition) is 22. The molecule has 29 nitrogen and oxygen atoms in total. The third-order valence-electron chi connectivity index (χ3n) is 16.5. The molecule has 0 radical (unpaired) electrons. The highest BCUT2D eigenvalue weighted by Crippen LogP contribution is 2.18. The molecule has 0 amide bonds. The molecule has 0 aromatic heterocycles. The predicted molar refractivity (Wildman–Crippen MR) is 447 cm³/mol. The summed E-state index contributed by atoms with van der Waals surface area (Å²) in [6.07, 6.45) is 6.82. The summed E-state index contributed by atoms with van der Waals surface area (Å²) < 4.78 is 10.7. The summed E-state index contributed by atoms with van der Waals surface area (Å²) >= 11 is 0. The number of carboxylic acid groups (broad SMARTS) is 7. The van der Waals surface area contributed by atoms with Crippen molar-refractivity contribution in [3.05, 3.63) is 237 Å². The van der Waals surface area contributed by atoms with E-state index in [1.165, 1.54) is 5.56 Å². The predicted octanol–water partition coefficient (Wildman–Crippen LogP) is 8.97. The van der Waals surface area contributed by atoms with E-state index in [1.54, 1.807) is 69.3 Å². The summed E-state index contributed by atoms with van der Waals surface area (Å²) in [6, 6.07) is 45.7. The van der Waals surface area contributed by atoms with E-state index in [4.69, 9.17) is 107 Å². The summed E-state index contributed by atoms with van der Waals surface area (Å²) in [4.78, 5) is 85.6. The lowest BCUT2D eigenvalue weighted by atomic mass is 9.98. The summed E-state index contributed by atoms with van der Waals surface area (Å²) in [7, 11) is 1.88. The van der Waals surface area contributed by atoms with Crippen molar-refractivity contribution >= 4 is 70.4 Å². The lowest BCUT2D eigenvalue weighted by Crippen LogP contribution is -2.32. The first-order chi connectivity index (χ1) is 54.2. The van der Waals surface area contributed by atoms with E-state index >= 15 is 0 Å². The van der Waals surface area contributed by atoms with E-state index in [1.807, 2.05) is 156 Å². The van der Waals surface area contributed by atoms with Gasteiger partial charge in [-0.05, 0) is 190 Å². The monoisotopic (exact) mass is 1590 g/mol. The molecule has 7 rings (SSSR count). The van der Waals surface area contributed by atoms with E-state index < -0.39 is 84.1 Å². The average Bonchev–Trinajstić information content (AvgIpc) is 0.871. The SMILES string of the molecule is CC(=N)CCc1ccc(CC(N)C(=O)O)cc1.CC(=N)COc1ccc(CC(N)C(=O)O)cc1.CC(=N)Cc1ccc(CC(N)C(=O)O)cc1.CC(C)C(=N)c1ccc(CC(N)C(=O)O)cc1.CCCC(=O)c1ccc(CC(N)C(=O)O)cc1.CCCOc1ccc(CC(N)C(=O)O)cc1.CNCc1ccc(CC(N)C(=O)O)cc1. The van der Waals surface area contributed by atoms with Gasteiger partial charge in [0.1, 0.15) is 60.4 Å². The molecular weight excluding hydrogens is 1470 g/mol. The Labute approximate surface area is 673 Å². The van der Waals surface area contributed by atoms with Crippen LogP contribution >= 0.6 is 0 Å². The third-order valence-corrected chi connectivity index (χ3v) is 16.5. The minimum absolute atomic E-state index is 0.113. The highest BCUT2D eigenvalue weighted by Gasteiger charge is 2.18. The molecule has 0 aliphatic rings. The van der Waals surface area contributed by atoms with Crippen molar-refractivity contribution in [2.24, 2.45) is 46.1 Å². The van der Waals surface area contributed by atoms with Gasteiger partial charge in [-0.1, -0.05) is 173 Å². The Hall–Kier alpha value is -11.5. The first-order valence-corrected chi connectivity index (χ1v) is 37.3. The Morgan fingerprint density at radius 2 is 0.617 bits per heavy atom. The van der Waals surface area contributed by atoms with Crippen LogP contribution in [-0.2, 0) is 97.9 Å². The molecule has 0 saturated carbocycles. The normalized spacial score (nSPS) is 12.2. The Bertz CT molecular complexity index is 4070. The van der Waals surface area contributed by atoms with Crippen molar-refractivity contribution in [3.63, 3.8) is 0 Å². The fourth-order valence-corrected chi connectivity index (χ4v) is 9.87. The number of carbonyl (C=O) groups excluding carboxylic acids is 1. The smallest absolute Gasteiger partial charge is 0.320 e. The molecule has 0 aliphatic carbocycles. The van der Waals surface area contributed by atoms with Crippen LogP contribution in [-0.4, -0.2) is 169 Å². The van der Waals surface area contributed by atoms with Crippen LogP contribution in [0.25, 0.3) is 0 Å². The van der Waals surface area contributed by atoms with Crippen LogP contribution in [0.15, 0.2) is 170 Å². The quantitative estimate of drug-likeness (QED) is 0.0126. The Balaban J connectivity index is 0.000000671. The Morgan fingerprint density at radius 1 is 0.348 bits per heavy atom. The molecule has 0 heterocycles. The second-order valence-corrected chi connectivity index (χ2v) is 27.6. The lowest BCUT2D eigenvalue weighted by molar-refractivity contribution is -0.139. The van der Waals surface area contributed by atoms with Gasteiger partial charge >= 0.3 is 41.8 Å². The van der Waals surface area contributed by atoms with Gasteiger partial charge < -0.3 is 112 Å². The maximum absolute atomic E-state index is 11.6. The fourth-order valence-electron chi connectivity index (χ4n) is 9.87. The van der Waals surface area contributed by atoms with Crippen molar-refractivity contribution < 1.29 is 83.6 Å². The molecule has 7 aromatic carbocycles. The van der Waals surface area contributed by atoms with E-state index in [0.29, 0.717) is 92.1 Å². The molecule has 7 aromatic rings. The van der Waals surface area contributed by atoms with Gasteiger partial charge in [0.05, 0.1) is 6.61 Å². The molecule has 0 fully saturated rings. The maximum atomic E-state index is 11.6. The minimum atomic E-state index is -1.02. The summed E-state index contributed by atoms with van der Waals surface area (Å²) in [6.45, 7) is 14.9. The van der Waals surface area contributed by atoms with Gasteiger partial charge in [-0.2, -0.15) is 0 Å². The zero-order valence-electron chi connectivity index (χ0n) is 66.9. The van der Waals surface area contributed by atoms with Crippen molar-refractivity contribution in [2.75, 3.05) is 20.3 Å². The second-order valence-electron chi connectivity index (χ2n) is 27.6. The molecule has 115 heavy (non-hydrogen) atoms. The fraction of sp³-hybridized carbons (Fsp3) is 0.372. The molecule has 0 bridgehead atoms. The number of benzene rings is 7. The zero-order valence-corrected chi connectivity index (χ0v) is 66.9. The van der Waals surface area contributed by atoms with Gasteiger partial charge in [0.15, 0.2) is 5.78 Å². The van der Waals surface area contributed by atoms with Gasteiger partial charge in [0.25, 0.3) is 0 Å². The molecule has 26 N–H and O–H groups in total. The summed E-state index contributed by atoms with van der Waals surface area (Å²) in [5.74, 6) is -5.18. The van der Waals surface area contributed by atoms with Crippen LogP contribution in [0.3, 0.4) is 0 Å². The topological polar surface area (TPSA) is 586 Å². The van der Waals surface area contributed by atoms with Crippen LogP contribution in [0.2, 0.25) is 0 Å². The van der Waals surface area contributed by atoms with Crippen LogP contribution < -0.4 is 54.9 Å². The molecular formula is C86H118N12O17. The van der Waals surface area contributed by atoms with Crippen LogP contribution in [0, 0.1) is 27.6 Å². The van der Waals surface area contributed by atoms with Gasteiger partial charge in [0, 0.05) is 47.8 Å². The molecule has 624 valence electrons. The van der Waals surface area contributed by atoms with E-state index in [2.05, 4.69) is 5.32 Å². The van der Waals surface area contributed by atoms with Crippen LogP contribution in [0.1, 0.15) is 146 Å². The number of carboxylic acids is 7. The van der Waals surface area contributed by atoms with Gasteiger partial charge in [-0.25, -0.2) is 0 Å². The van der Waals surface area contributed by atoms with Crippen LogP contribution in [0.4, 0.5) is 0 Å². The number of hydrogen-bond donors (Lipinski definition) is 19. The number of aliphatic carboxylic acids is 7. The average molecular weight is 1590 g/mol. The first-order valence-electron chi connectivity index (χ1n) is 37.3. The lowest BCUT2D eigenvalue weighted by Gasteiger charge is -2.10. The number of rotatable bonds is 39. The molecule has 7 atom stereocenters. The highest BCUT2D eigenvalue weighted by atomic mass is 16.5. The van der Waals surface area contributed by atoms with Crippen molar-refractivity contribution in [2.45, 2.75) is 181 Å². The van der Waals surface area contributed by atoms with Crippen molar-refractivity contribution in [3.8, 4) is 11.5 Å². The molecule has 0 saturated heterocycles. The van der Waals surface area contributed by atoms with E-state index in [9.17, 15) is 38.4 Å². The second kappa shape index (κ2) is 55.8. The Kier molecular flexibility index (Phi) is 49.3. The van der Waals surface area contributed by atoms with Gasteiger partial charge in [-0.3, -0.25) is 38.4 Å². The number of carbonyl (C=O) groups is 8. The number of aryl methyl sites for hydroxylation is 1. The first kappa shape index (κ1) is 101. The van der Waals surface area contributed by atoms with Crippen molar-refractivity contribution in [1.29, 1.82) is 21.6 Å². The number of ketones is 1. The van der Waals surface area contributed by atoms with Gasteiger partial charge in [0.2, 0.25) is 0 Å². The number of nitrogens with one attached hydrogen (secondary N) is 5. The maximum Gasteiger partial charge on any atom is 0.320 e.